The molecule has 3 aromatic rings. The molecule has 0 aliphatic heterocycles. The molecule has 2 amide bonds. The molecule has 6 nitrogen and oxygen atoms in total. The van der Waals surface area contributed by atoms with Gasteiger partial charge in [0.1, 0.15) is 10.8 Å². The Bertz CT molecular complexity index is 975. The molecular formula is C20H19FN4O2S2. The van der Waals surface area contributed by atoms with Crippen LogP contribution in [0.4, 0.5) is 10.1 Å². The van der Waals surface area contributed by atoms with Crippen LogP contribution in [-0.2, 0) is 17.1 Å². The maximum absolute atomic E-state index is 12.9. The zero-order valence-electron chi connectivity index (χ0n) is 15.6. The van der Waals surface area contributed by atoms with Crippen LogP contribution in [0, 0.1) is 12.7 Å². The van der Waals surface area contributed by atoms with Crippen LogP contribution in [0.1, 0.15) is 25.9 Å². The number of hydrogen-bond donors (Lipinski definition) is 2. The molecule has 29 heavy (non-hydrogen) atoms. The van der Waals surface area contributed by atoms with Gasteiger partial charge in [0.2, 0.25) is 10.9 Å². The van der Waals surface area contributed by atoms with Crippen LogP contribution in [-0.4, -0.2) is 27.8 Å². The molecule has 0 unspecified atom stereocenters. The average molecular weight is 431 g/mol. The zero-order valence-corrected chi connectivity index (χ0v) is 17.3. The highest BCUT2D eigenvalue weighted by Crippen LogP contribution is 2.18. The Balaban J connectivity index is 1.40. The number of hydrogen-bond acceptors (Lipinski definition) is 6. The first-order valence-corrected chi connectivity index (χ1v) is 10.8. The van der Waals surface area contributed by atoms with Crippen LogP contribution >= 0.6 is 23.1 Å². The highest BCUT2D eigenvalue weighted by atomic mass is 32.2. The van der Waals surface area contributed by atoms with Gasteiger partial charge in [-0.25, -0.2) is 4.39 Å². The van der Waals surface area contributed by atoms with E-state index in [4.69, 9.17) is 0 Å². The number of nitrogens with one attached hydrogen (secondary N) is 2. The summed E-state index contributed by atoms with van der Waals surface area (Å²) in [6.45, 7) is 2.32. The maximum Gasteiger partial charge on any atom is 0.286 e. The zero-order chi connectivity index (χ0) is 20.6. The summed E-state index contributed by atoms with van der Waals surface area (Å²) in [5.41, 5.74) is 2.64. The number of benzene rings is 2. The van der Waals surface area contributed by atoms with E-state index >= 15 is 0 Å². The molecular weight excluding hydrogens is 411 g/mol. The Hall–Kier alpha value is -2.78. The van der Waals surface area contributed by atoms with Crippen molar-refractivity contribution in [3.05, 3.63) is 75.5 Å². The predicted molar refractivity (Wildman–Crippen MR) is 113 cm³/mol. The first-order chi connectivity index (χ1) is 14.0. The smallest absolute Gasteiger partial charge is 0.286 e. The van der Waals surface area contributed by atoms with Crippen molar-refractivity contribution in [1.29, 1.82) is 0 Å². The molecule has 1 heterocycles. The second kappa shape index (κ2) is 10.1. The van der Waals surface area contributed by atoms with Crippen molar-refractivity contribution in [2.24, 2.45) is 0 Å². The molecule has 0 aliphatic carbocycles. The second-order valence-electron chi connectivity index (χ2n) is 6.22. The number of rotatable bonds is 8. The molecule has 9 heteroatoms. The van der Waals surface area contributed by atoms with E-state index in [0.29, 0.717) is 23.0 Å². The third kappa shape index (κ3) is 6.65. The Labute approximate surface area is 175 Å². The number of carbonyl (C=O) groups is 2. The minimum absolute atomic E-state index is 0.124. The number of aryl methyl sites for hydroxylation is 1. The molecule has 0 saturated carbocycles. The summed E-state index contributed by atoms with van der Waals surface area (Å²) in [7, 11) is 0. The molecule has 3 rings (SSSR count). The number of anilines is 1. The van der Waals surface area contributed by atoms with E-state index in [-0.39, 0.29) is 28.4 Å². The van der Waals surface area contributed by atoms with E-state index in [0.717, 1.165) is 11.1 Å². The lowest BCUT2D eigenvalue weighted by atomic mass is 10.2. The van der Waals surface area contributed by atoms with Gasteiger partial charge in [-0.05, 0) is 36.8 Å². The van der Waals surface area contributed by atoms with Crippen LogP contribution in [0.15, 0.2) is 48.5 Å². The van der Waals surface area contributed by atoms with E-state index in [1.165, 1.54) is 35.2 Å². The topological polar surface area (TPSA) is 84.0 Å². The summed E-state index contributed by atoms with van der Waals surface area (Å²) < 4.78 is 12.9. The van der Waals surface area contributed by atoms with Crippen molar-refractivity contribution in [1.82, 2.24) is 15.5 Å². The Morgan fingerprint density at radius 1 is 1.07 bits per heavy atom. The van der Waals surface area contributed by atoms with Gasteiger partial charge >= 0.3 is 0 Å². The molecule has 0 radical (unpaired) electrons. The number of thioether (sulfide) groups is 1. The monoisotopic (exact) mass is 430 g/mol. The fraction of sp³-hybridized carbons (Fsp3) is 0.200. The van der Waals surface area contributed by atoms with Crippen molar-refractivity contribution in [2.45, 2.75) is 19.2 Å². The van der Waals surface area contributed by atoms with Crippen molar-refractivity contribution >= 4 is 40.6 Å². The lowest BCUT2D eigenvalue weighted by Gasteiger charge is -2.04. The molecule has 2 N–H and O–H groups in total. The number of carbonyl (C=O) groups excluding carboxylic acids is 2. The number of aromatic nitrogens is 2. The van der Waals surface area contributed by atoms with Gasteiger partial charge in [-0.2, -0.15) is 0 Å². The average Bonchev–Trinajstić information content (AvgIpc) is 3.18. The van der Waals surface area contributed by atoms with Crippen molar-refractivity contribution in [3.63, 3.8) is 0 Å². The molecule has 0 saturated heterocycles. The van der Waals surface area contributed by atoms with Gasteiger partial charge in [0, 0.05) is 18.0 Å². The first-order valence-electron chi connectivity index (χ1n) is 8.79. The summed E-state index contributed by atoms with van der Waals surface area (Å²) in [5, 5.41) is 14.5. The van der Waals surface area contributed by atoms with Gasteiger partial charge in [0.15, 0.2) is 0 Å². The summed E-state index contributed by atoms with van der Waals surface area (Å²) in [6.07, 6.45) is 0. The van der Waals surface area contributed by atoms with Gasteiger partial charge in [-0.3, -0.25) is 9.59 Å². The Kier molecular flexibility index (Phi) is 7.31. The standard InChI is InChI=1S/C20H19FN4O2S2/c1-13-2-8-16(9-3-13)23-19(27)20-25-24-18(29-20)12-28-11-17(26)22-10-14-4-6-15(21)7-5-14/h2-9H,10-12H2,1H3,(H,22,26)(H,23,27). The minimum Gasteiger partial charge on any atom is -0.351 e. The van der Waals surface area contributed by atoms with E-state index in [1.54, 1.807) is 12.1 Å². The highest BCUT2D eigenvalue weighted by Gasteiger charge is 2.13. The number of halogens is 1. The molecule has 1 aromatic heterocycles. The third-order valence-corrected chi connectivity index (χ3v) is 5.88. The van der Waals surface area contributed by atoms with Crippen LogP contribution < -0.4 is 10.6 Å². The van der Waals surface area contributed by atoms with Gasteiger partial charge in [-0.1, -0.05) is 41.2 Å². The minimum atomic E-state index is -0.306. The lowest BCUT2D eigenvalue weighted by Crippen LogP contribution is -2.24. The first kappa shape index (κ1) is 20.9. The predicted octanol–water partition coefficient (Wildman–Crippen LogP) is 3.79. The van der Waals surface area contributed by atoms with Gasteiger partial charge in [0.25, 0.3) is 5.91 Å². The van der Waals surface area contributed by atoms with Crippen LogP contribution in [0.2, 0.25) is 0 Å². The van der Waals surface area contributed by atoms with E-state index < -0.39 is 0 Å². The SMILES string of the molecule is Cc1ccc(NC(=O)c2nnc(CSCC(=O)NCc3ccc(F)cc3)s2)cc1. The summed E-state index contributed by atoms with van der Waals surface area (Å²) >= 11 is 2.59. The third-order valence-electron chi connectivity index (χ3n) is 3.83. The van der Waals surface area contributed by atoms with E-state index in [1.807, 2.05) is 31.2 Å². The lowest BCUT2D eigenvalue weighted by molar-refractivity contribution is -0.118. The number of amides is 2. The van der Waals surface area contributed by atoms with E-state index in [2.05, 4.69) is 20.8 Å². The van der Waals surface area contributed by atoms with Crippen molar-refractivity contribution < 1.29 is 14.0 Å². The summed E-state index contributed by atoms with van der Waals surface area (Å²) in [5.74, 6) is 0.00547. The van der Waals surface area contributed by atoms with Gasteiger partial charge < -0.3 is 10.6 Å². The van der Waals surface area contributed by atoms with Crippen LogP contribution in [0.5, 0.6) is 0 Å². The summed E-state index contributed by atoms with van der Waals surface area (Å²) in [6, 6.07) is 13.5. The quantitative estimate of drug-likeness (QED) is 0.568. The Morgan fingerprint density at radius 3 is 2.52 bits per heavy atom. The van der Waals surface area contributed by atoms with Crippen molar-refractivity contribution in [3.8, 4) is 0 Å². The van der Waals surface area contributed by atoms with Crippen LogP contribution in [0.3, 0.4) is 0 Å². The fourth-order valence-corrected chi connectivity index (χ4v) is 3.95. The molecule has 150 valence electrons. The van der Waals surface area contributed by atoms with Gasteiger partial charge in [-0.15, -0.1) is 22.0 Å². The Morgan fingerprint density at radius 2 is 1.79 bits per heavy atom. The molecule has 2 aromatic carbocycles. The van der Waals surface area contributed by atoms with Gasteiger partial charge in [0.05, 0.1) is 5.75 Å². The molecule has 0 spiro atoms. The maximum atomic E-state index is 12.9. The highest BCUT2D eigenvalue weighted by molar-refractivity contribution is 7.99. The van der Waals surface area contributed by atoms with Crippen molar-refractivity contribution in [2.75, 3.05) is 11.1 Å². The fourth-order valence-electron chi connectivity index (χ4n) is 2.31. The molecule has 0 bridgehead atoms. The molecule has 0 aliphatic rings. The normalized spacial score (nSPS) is 10.6. The largest absolute Gasteiger partial charge is 0.351 e. The molecule has 0 fully saturated rings. The summed E-state index contributed by atoms with van der Waals surface area (Å²) in [4.78, 5) is 24.1. The second-order valence-corrected chi connectivity index (χ2v) is 8.26. The van der Waals surface area contributed by atoms with Crippen LogP contribution in [0.25, 0.3) is 0 Å². The molecule has 0 atom stereocenters. The van der Waals surface area contributed by atoms with E-state index in [9.17, 15) is 14.0 Å². The number of nitrogens with zero attached hydrogens (tertiary/aromatic N) is 2.